The van der Waals surface area contributed by atoms with Gasteiger partial charge in [0.05, 0.1) is 12.6 Å². The fourth-order valence-corrected chi connectivity index (χ4v) is 3.39. The van der Waals surface area contributed by atoms with Crippen LogP contribution < -0.4 is 0 Å². The lowest BCUT2D eigenvalue weighted by Gasteiger charge is -2.27. The molecule has 2 aromatic heterocycles. The molecule has 0 saturated heterocycles. The lowest BCUT2D eigenvalue weighted by Crippen LogP contribution is -2.30. The van der Waals surface area contributed by atoms with Crippen molar-refractivity contribution in [3.63, 3.8) is 0 Å². The van der Waals surface area contributed by atoms with Crippen molar-refractivity contribution in [1.82, 2.24) is 20.1 Å². The van der Waals surface area contributed by atoms with Gasteiger partial charge in [0.2, 0.25) is 0 Å². The second kappa shape index (κ2) is 7.36. The Bertz CT molecular complexity index is 919. The van der Waals surface area contributed by atoms with Gasteiger partial charge in [0.25, 0.3) is 5.91 Å². The third-order valence-electron chi connectivity index (χ3n) is 5.15. The minimum Gasteiger partial charge on any atom is -0.364 e. The number of aromatic nitrogens is 2. The van der Waals surface area contributed by atoms with Gasteiger partial charge in [0, 0.05) is 32.3 Å². The van der Waals surface area contributed by atoms with Crippen molar-refractivity contribution in [2.45, 2.75) is 32.5 Å². The minimum absolute atomic E-state index is 0.204. The maximum Gasteiger partial charge on any atom is 0.276 e. The number of benzene rings is 1. The molecule has 4 rings (SSSR count). The lowest BCUT2D eigenvalue weighted by atomic mass is 10.00. The van der Waals surface area contributed by atoms with Crippen LogP contribution in [0.25, 0.3) is 0 Å². The molecule has 0 aliphatic carbocycles. The van der Waals surface area contributed by atoms with Gasteiger partial charge in [-0.3, -0.25) is 9.69 Å². The van der Waals surface area contributed by atoms with Gasteiger partial charge in [-0.1, -0.05) is 34.6 Å². The van der Waals surface area contributed by atoms with E-state index in [1.165, 1.54) is 17.4 Å². The Balaban J connectivity index is 1.41. The molecule has 1 amide bonds. The molecule has 0 N–H and O–H groups in total. The summed E-state index contributed by atoms with van der Waals surface area (Å²) in [4.78, 5) is 16.6. The zero-order chi connectivity index (χ0) is 18.8. The highest BCUT2D eigenvalue weighted by Crippen LogP contribution is 2.22. The topological polar surface area (TPSA) is 75.6 Å². The zero-order valence-electron chi connectivity index (χ0n) is 15.5. The van der Waals surface area contributed by atoms with Crippen LogP contribution in [0.2, 0.25) is 0 Å². The summed E-state index contributed by atoms with van der Waals surface area (Å²) in [7, 11) is 1.72. The number of carbonyl (C=O) groups excluding carboxylic acids is 1. The Hall–Kier alpha value is -2.93. The van der Waals surface area contributed by atoms with Gasteiger partial charge in [0.15, 0.2) is 11.5 Å². The van der Waals surface area contributed by atoms with E-state index in [0.29, 0.717) is 23.7 Å². The molecule has 1 unspecified atom stereocenters. The van der Waals surface area contributed by atoms with Crippen LogP contribution in [0.5, 0.6) is 0 Å². The van der Waals surface area contributed by atoms with E-state index in [-0.39, 0.29) is 11.9 Å². The van der Waals surface area contributed by atoms with Gasteiger partial charge in [-0.15, -0.1) is 0 Å². The zero-order valence-corrected chi connectivity index (χ0v) is 15.5. The molecule has 7 nitrogen and oxygen atoms in total. The van der Waals surface area contributed by atoms with Crippen LogP contribution in [0.4, 0.5) is 0 Å². The number of nitrogens with zero attached hydrogens (tertiary/aromatic N) is 4. The van der Waals surface area contributed by atoms with Gasteiger partial charge in [-0.05, 0) is 24.5 Å². The van der Waals surface area contributed by atoms with Crippen molar-refractivity contribution in [2.75, 3.05) is 13.6 Å². The quantitative estimate of drug-likeness (QED) is 0.691. The van der Waals surface area contributed by atoms with E-state index in [4.69, 9.17) is 9.05 Å². The average molecular weight is 366 g/mol. The van der Waals surface area contributed by atoms with E-state index in [1.54, 1.807) is 24.1 Å². The standard InChI is InChI=1S/C20H22N4O3/c1-14(18-8-10-26-21-18)23(2)20(25)19-11-17(27-22-19)13-24-9-7-15-5-3-4-6-16(15)12-24/h3-6,8,10-11,14H,7,9,12-13H2,1-2H3. The van der Waals surface area contributed by atoms with Gasteiger partial charge in [0.1, 0.15) is 12.0 Å². The van der Waals surface area contributed by atoms with E-state index in [0.717, 1.165) is 19.5 Å². The Morgan fingerprint density at radius 2 is 2.07 bits per heavy atom. The van der Waals surface area contributed by atoms with Crippen molar-refractivity contribution in [2.24, 2.45) is 0 Å². The second-order valence-electron chi connectivity index (χ2n) is 6.92. The van der Waals surface area contributed by atoms with Crippen LogP contribution in [-0.2, 0) is 19.5 Å². The summed E-state index contributed by atoms with van der Waals surface area (Å²) < 4.78 is 10.3. The molecule has 0 spiro atoms. The third-order valence-corrected chi connectivity index (χ3v) is 5.15. The summed E-state index contributed by atoms with van der Waals surface area (Å²) in [5, 5.41) is 7.87. The van der Waals surface area contributed by atoms with Gasteiger partial charge < -0.3 is 13.9 Å². The highest BCUT2D eigenvalue weighted by molar-refractivity contribution is 5.92. The first kappa shape index (κ1) is 17.5. The van der Waals surface area contributed by atoms with Crippen LogP contribution in [0.3, 0.4) is 0 Å². The van der Waals surface area contributed by atoms with Crippen molar-refractivity contribution in [3.8, 4) is 0 Å². The number of carbonyl (C=O) groups is 1. The largest absolute Gasteiger partial charge is 0.364 e. The fourth-order valence-electron chi connectivity index (χ4n) is 3.39. The summed E-state index contributed by atoms with van der Waals surface area (Å²) in [6.45, 7) is 4.37. The van der Waals surface area contributed by atoms with Crippen LogP contribution >= 0.6 is 0 Å². The van der Waals surface area contributed by atoms with Gasteiger partial charge in [-0.25, -0.2) is 0 Å². The second-order valence-corrected chi connectivity index (χ2v) is 6.92. The van der Waals surface area contributed by atoms with E-state index < -0.39 is 0 Å². The number of hydrogen-bond acceptors (Lipinski definition) is 6. The van der Waals surface area contributed by atoms with Gasteiger partial charge >= 0.3 is 0 Å². The number of amides is 1. The highest BCUT2D eigenvalue weighted by Gasteiger charge is 2.24. The smallest absolute Gasteiger partial charge is 0.276 e. The Morgan fingerprint density at radius 3 is 2.85 bits per heavy atom. The van der Waals surface area contributed by atoms with Crippen LogP contribution in [0.15, 0.2) is 51.7 Å². The fraction of sp³-hybridized carbons (Fsp3) is 0.350. The molecule has 0 fully saturated rings. The lowest BCUT2D eigenvalue weighted by molar-refractivity contribution is 0.0727. The maximum atomic E-state index is 12.7. The summed E-state index contributed by atoms with van der Waals surface area (Å²) in [6.07, 6.45) is 2.52. The van der Waals surface area contributed by atoms with E-state index in [1.807, 2.05) is 6.92 Å². The molecular weight excluding hydrogens is 344 g/mol. The molecular formula is C20H22N4O3. The van der Waals surface area contributed by atoms with Crippen LogP contribution in [0.1, 0.15) is 46.0 Å². The third kappa shape index (κ3) is 3.64. The number of rotatable bonds is 5. The monoisotopic (exact) mass is 366 g/mol. The predicted octanol–water partition coefficient (Wildman–Crippen LogP) is 3.05. The molecule has 7 heteroatoms. The van der Waals surface area contributed by atoms with E-state index in [9.17, 15) is 4.79 Å². The first-order chi connectivity index (χ1) is 13.1. The molecule has 1 aliphatic heterocycles. The van der Waals surface area contributed by atoms with E-state index in [2.05, 4.69) is 39.5 Å². The van der Waals surface area contributed by atoms with Crippen molar-refractivity contribution in [3.05, 3.63) is 70.9 Å². The first-order valence-corrected chi connectivity index (χ1v) is 9.04. The van der Waals surface area contributed by atoms with Crippen molar-refractivity contribution < 1.29 is 13.8 Å². The molecule has 0 saturated carbocycles. The normalized spacial score (nSPS) is 15.3. The van der Waals surface area contributed by atoms with E-state index >= 15 is 0 Å². The summed E-state index contributed by atoms with van der Waals surface area (Å²) in [5.41, 5.74) is 3.76. The molecule has 0 radical (unpaired) electrons. The average Bonchev–Trinajstić information content (AvgIpc) is 3.38. The molecule has 1 aliphatic rings. The predicted molar refractivity (Wildman–Crippen MR) is 97.8 cm³/mol. The van der Waals surface area contributed by atoms with Gasteiger partial charge in [-0.2, -0.15) is 0 Å². The molecule has 27 heavy (non-hydrogen) atoms. The number of fused-ring (bicyclic) bond motifs is 1. The summed E-state index contributed by atoms with van der Waals surface area (Å²) in [6, 6.07) is 11.8. The molecule has 1 atom stereocenters. The molecule has 0 bridgehead atoms. The first-order valence-electron chi connectivity index (χ1n) is 9.04. The minimum atomic E-state index is -0.213. The Morgan fingerprint density at radius 1 is 1.26 bits per heavy atom. The van der Waals surface area contributed by atoms with Crippen molar-refractivity contribution >= 4 is 5.91 Å². The Labute approximate surface area is 157 Å². The number of hydrogen-bond donors (Lipinski definition) is 0. The summed E-state index contributed by atoms with van der Waals surface area (Å²) in [5.74, 6) is 0.490. The molecule has 3 heterocycles. The van der Waals surface area contributed by atoms with Crippen LogP contribution in [-0.4, -0.2) is 39.6 Å². The Kier molecular flexibility index (Phi) is 4.77. The van der Waals surface area contributed by atoms with Crippen molar-refractivity contribution in [1.29, 1.82) is 0 Å². The van der Waals surface area contributed by atoms with Crippen LogP contribution in [0, 0.1) is 0 Å². The molecule has 3 aromatic rings. The highest BCUT2D eigenvalue weighted by atomic mass is 16.5. The maximum absolute atomic E-state index is 12.7. The SMILES string of the molecule is CC(c1ccon1)N(C)C(=O)c1cc(CN2CCc3ccccc3C2)on1. The molecule has 140 valence electrons. The molecule has 1 aromatic carbocycles. The summed E-state index contributed by atoms with van der Waals surface area (Å²) >= 11 is 0.